The average molecular weight is 364 g/mol. The molecule has 0 atom stereocenters. The number of rotatable bonds is 5. The van der Waals surface area contributed by atoms with Crippen LogP contribution in [-0.2, 0) is 23.8 Å². The lowest BCUT2D eigenvalue weighted by Crippen LogP contribution is -2.39. The fourth-order valence-electron chi connectivity index (χ4n) is 2.49. The molecule has 0 fully saturated rings. The van der Waals surface area contributed by atoms with E-state index in [4.69, 9.17) is 9.47 Å². The molecule has 1 heterocycles. The van der Waals surface area contributed by atoms with Crippen molar-refractivity contribution >= 4 is 29.1 Å². The third-order valence-corrected chi connectivity index (χ3v) is 3.69. The van der Waals surface area contributed by atoms with E-state index in [2.05, 4.69) is 4.74 Å². The molecule has 1 aliphatic heterocycles. The maximum atomic E-state index is 12.3. The van der Waals surface area contributed by atoms with E-state index in [1.165, 1.54) is 24.0 Å². The number of nitrogens with zero attached hydrogens (tertiary/aromatic N) is 2. The van der Waals surface area contributed by atoms with E-state index in [0.29, 0.717) is 0 Å². The average Bonchev–Trinajstić information content (AvgIpc) is 2.65. The van der Waals surface area contributed by atoms with E-state index in [1.54, 1.807) is 0 Å². The number of carbonyl (C=O) groups excluding carboxylic acids is 3. The summed E-state index contributed by atoms with van der Waals surface area (Å²) >= 11 is 0. The first-order chi connectivity index (χ1) is 12.3. The fourth-order valence-corrected chi connectivity index (χ4v) is 2.49. The third-order valence-electron chi connectivity index (χ3n) is 3.69. The molecule has 1 aromatic rings. The summed E-state index contributed by atoms with van der Waals surface area (Å²) in [5, 5.41) is 11.0. The van der Waals surface area contributed by atoms with Crippen LogP contribution in [0, 0.1) is 10.1 Å². The van der Waals surface area contributed by atoms with E-state index >= 15 is 0 Å². The normalized spacial score (nSPS) is 14.0. The Morgan fingerprint density at radius 3 is 2.38 bits per heavy atom. The van der Waals surface area contributed by atoms with Gasteiger partial charge in [-0.25, -0.2) is 9.59 Å². The molecule has 1 aliphatic rings. The Bertz CT molecular complexity index is 814. The molecule has 0 bridgehead atoms. The number of nitro benzene ring substituents is 1. The number of methoxy groups -OCH3 is 2. The molecule has 0 spiro atoms. The van der Waals surface area contributed by atoms with Gasteiger partial charge in [-0.3, -0.25) is 14.9 Å². The van der Waals surface area contributed by atoms with Crippen molar-refractivity contribution in [2.75, 3.05) is 32.5 Å². The third kappa shape index (κ3) is 3.54. The topological polar surface area (TPSA) is 125 Å². The van der Waals surface area contributed by atoms with Crippen LogP contribution in [0.4, 0.5) is 11.4 Å². The summed E-state index contributed by atoms with van der Waals surface area (Å²) in [6.07, 6.45) is 0. The van der Waals surface area contributed by atoms with Gasteiger partial charge in [-0.2, -0.15) is 0 Å². The van der Waals surface area contributed by atoms with Crippen molar-refractivity contribution in [2.45, 2.75) is 6.92 Å². The van der Waals surface area contributed by atoms with Crippen LogP contribution in [0.2, 0.25) is 0 Å². The standard InChI is InChI=1S/C16H16N2O8/c1-9(19)11-6-10(18(22)23)4-5-13(11)17-8-26-7-12(15(20)24-2)14(17)16(21)25-3/h4-6H,7-8H2,1-3H3. The molecular weight excluding hydrogens is 348 g/mol. The Hall–Kier alpha value is -3.27. The number of hydrogen-bond donors (Lipinski definition) is 0. The smallest absolute Gasteiger partial charge is 0.355 e. The number of carbonyl (C=O) groups is 3. The molecule has 0 aromatic heterocycles. The van der Waals surface area contributed by atoms with Gasteiger partial charge in [0.15, 0.2) is 5.78 Å². The van der Waals surface area contributed by atoms with Gasteiger partial charge in [0.1, 0.15) is 12.4 Å². The Balaban J connectivity index is 2.68. The van der Waals surface area contributed by atoms with E-state index in [1.807, 2.05) is 0 Å². The SMILES string of the molecule is COC(=O)C1=C(C(=O)OC)N(c2ccc([N+](=O)[O-])cc2C(C)=O)COC1. The van der Waals surface area contributed by atoms with Gasteiger partial charge in [-0.05, 0) is 13.0 Å². The van der Waals surface area contributed by atoms with Gasteiger partial charge in [-0.15, -0.1) is 0 Å². The van der Waals surface area contributed by atoms with E-state index in [9.17, 15) is 24.5 Å². The number of ketones is 1. The fraction of sp³-hybridized carbons (Fsp3) is 0.312. The predicted octanol–water partition coefficient (Wildman–Crippen LogP) is 1.19. The molecule has 10 heteroatoms. The number of Topliss-reactive ketones (excluding diaryl/α,β-unsaturated/α-hetero) is 1. The number of hydrogen-bond acceptors (Lipinski definition) is 9. The van der Waals surface area contributed by atoms with Gasteiger partial charge < -0.3 is 19.1 Å². The van der Waals surface area contributed by atoms with Crippen LogP contribution in [0.3, 0.4) is 0 Å². The summed E-state index contributed by atoms with van der Waals surface area (Å²) in [6, 6.07) is 3.59. The van der Waals surface area contributed by atoms with Gasteiger partial charge in [0.25, 0.3) is 5.69 Å². The van der Waals surface area contributed by atoms with Crippen LogP contribution < -0.4 is 4.90 Å². The number of benzene rings is 1. The second kappa shape index (κ2) is 7.74. The number of ether oxygens (including phenoxy) is 3. The number of non-ortho nitro benzene ring substituents is 1. The maximum Gasteiger partial charge on any atom is 0.355 e. The summed E-state index contributed by atoms with van der Waals surface area (Å²) < 4.78 is 14.7. The first-order valence-corrected chi connectivity index (χ1v) is 7.36. The van der Waals surface area contributed by atoms with E-state index < -0.39 is 22.6 Å². The van der Waals surface area contributed by atoms with Crippen LogP contribution in [0.25, 0.3) is 0 Å². The zero-order valence-electron chi connectivity index (χ0n) is 14.3. The summed E-state index contributed by atoms with van der Waals surface area (Å²) in [4.78, 5) is 47.8. The second-order valence-corrected chi connectivity index (χ2v) is 5.23. The lowest BCUT2D eigenvalue weighted by Gasteiger charge is -2.32. The first-order valence-electron chi connectivity index (χ1n) is 7.36. The van der Waals surface area contributed by atoms with Crippen LogP contribution in [0.15, 0.2) is 29.5 Å². The molecule has 1 aromatic carbocycles. The van der Waals surface area contributed by atoms with Crippen molar-refractivity contribution < 1.29 is 33.5 Å². The number of anilines is 1. The zero-order valence-corrected chi connectivity index (χ0v) is 14.3. The van der Waals surface area contributed by atoms with Crippen molar-refractivity contribution in [3.05, 3.63) is 45.1 Å². The Morgan fingerprint density at radius 2 is 1.85 bits per heavy atom. The van der Waals surface area contributed by atoms with Crippen LogP contribution in [0.1, 0.15) is 17.3 Å². The molecule has 0 aliphatic carbocycles. The van der Waals surface area contributed by atoms with Crippen LogP contribution in [0.5, 0.6) is 0 Å². The summed E-state index contributed by atoms with van der Waals surface area (Å²) in [5.41, 5.74) is -0.353. The highest BCUT2D eigenvalue weighted by Crippen LogP contribution is 2.32. The summed E-state index contributed by atoms with van der Waals surface area (Å²) in [6.45, 7) is 0.884. The Labute approximate surface area is 148 Å². The van der Waals surface area contributed by atoms with E-state index in [-0.39, 0.29) is 41.5 Å². The quantitative estimate of drug-likeness (QED) is 0.328. The Kier molecular flexibility index (Phi) is 5.68. The number of nitro groups is 1. The molecule has 0 radical (unpaired) electrons. The number of esters is 2. The first kappa shape index (κ1) is 19.1. The lowest BCUT2D eigenvalue weighted by molar-refractivity contribution is -0.384. The van der Waals surface area contributed by atoms with Gasteiger partial charge in [-0.1, -0.05) is 0 Å². The second-order valence-electron chi connectivity index (χ2n) is 5.23. The lowest BCUT2D eigenvalue weighted by atomic mass is 10.1. The van der Waals surface area contributed by atoms with Crippen molar-refractivity contribution in [3.8, 4) is 0 Å². The molecular formula is C16H16N2O8. The minimum atomic E-state index is -0.832. The molecule has 138 valence electrons. The molecule has 0 unspecified atom stereocenters. The van der Waals surface area contributed by atoms with Gasteiger partial charge in [0.2, 0.25) is 0 Å². The molecule has 26 heavy (non-hydrogen) atoms. The minimum Gasteiger partial charge on any atom is -0.466 e. The van der Waals surface area contributed by atoms with Crippen molar-refractivity contribution in [1.29, 1.82) is 0 Å². The highest BCUT2D eigenvalue weighted by atomic mass is 16.6. The molecule has 10 nitrogen and oxygen atoms in total. The van der Waals surface area contributed by atoms with Crippen molar-refractivity contribution in [3.63, 3.8) is 0 Å². The Morgan fingerprint density at radius 1 is 1.19 bits per heavy atom. The molecule has 2 rings (SSSR count). The highest BCUT2D eigenvalue weighted by Gasteiger charge is 2.34. The molecule has 0 N–H and O–H groups in total. The van der Waals surface area contributed by atoms with Gasteiger partial charge in [0, 0.05) is 17.7 Å². The predicted molar refractivity (Wildman–Crippen MR) is 87.5 cm³/mol. The van der Waals surface area contributed by atoms with Crippen molar-refractivity contribution in [2.24, 2.45) is 0 Å². The zero-order chi connectivity index (χ0) is 19.4. The van der Waals surface area contributed by atoms with Gasteiger partial charge >= 0.3 is 11.9 Å². The monoisotopic (exact) mass is 364 g/mol. The molecule has 0 saturated carbocycles. The van der Waals surface area contributed by atoms with Crippen LogP contribution in [-0.4, -0.2) is 50.2 Å². The van der Waals surface area contributed by atoms with Crippen molar-refractivity contribution in [1.82, 2.24) is 0 Å². The molecule has 0 amide bonds. The maximum absolute atomic E-state index is 12.3. The van der Waals surface area contributed by atoms with Crippen LogP contribution >= 0.6 is 0 Å². The van der Waals surface area contributed by atoms with Gasteiger partial charge in [0.05, 0.1) is 37.0 Å². The highest BCUT2D eigenvalue weighted by molar-refractivity contribution is 6.06. The largest absolute Gasteiger partial charge is 0.466 e. The molecule has 0 saturated heterocycles. The summed E-state index contributed by atoms with van der Waals surface area (Å²) in [5.74, 6) is -2.08. The minimum absolute atomic E-state index is 0.00433. The van der Waals surface area contributed by atoms with E-state index in [0.717, 1.165) is 20.3 Å². The summed E-state index contributed by atoms with van der Waals surface area (Å²) in [7, 11) is 2.29.